The SMILES string of the molecule is CC(C)CCC(C)NC(=O)C1CCC(N)CC1. The molecule has 1 unspecified atom stereocenters. The summed E-state index contributed by atoms with van der Waals surface area (Å²) in [5.41, 5.74) is 5.85. The van der Waals surface area contributed by atoms with Crippen molar-refractivity contribution in [2.45, 2.75) is 71.4 Å². The lowest BCUT2D eigenvalue weighted by molar-refractivity contribution is -0.126. The second kappa shape index (κ2) is 7.00. The fourth-order valence-electron chi connectivity index (χ4n) is 2.40. The summed E-state index contributed by atoms with van der Waals surface area (Å²) in [6.07, 6.45) is 6.18. The van der Waals surface area contributed by atoms with Crippen molar-refractivity contribution in [2.24, 2.45) is 17.6 Å². The van der Waals surface area contributed by atoms with Gasteiger partial charge < -0.3 is 11.1 Å². The highest BCUT2D eigenvalue weighted by atomic mass is 16.1. The average Bonchev–Trinajstić information content (AvgIpc) is 2.27. The molecule has 100 valence electrons. The van der Waals surface area contributed by atoms with Gasteiger partial charge >= 0.3 is 0 Å². The van der Waals surface area contributed by atoms with Crippen LogP contribution in [-0.2, 0) is 4.79 Å². The van der Waals surface area contributed by atoms with Crippen LogP contribution in [0.1, 0.15) is 59.3 Å². The largest absolute Gasteiger partial charge is 0.353 e. The molecular weight excluding hydrogens is 212 g/mol. The second-order valence-electron chi connectivity index (χ2n) is 5.99. The van der Waals surface area contributed by atoms with Crippen molar-refractivity contribution in [3.8, 4) is 0 Å². The van der Waals surface area contributed by atoms with Gasteiger partial charge in [0.15, 0.2) is 0 Å². The Balaban J connectivity index is 2.23. The number of carbonyl (C=O) groups is 1. The van der Waals surface area contributed by atoms with Gasteiger partial charge in [-0.2, -0.15) is 0 Å². The van der Waals surface area contributed by atoms with Crippen LogP contribution in [-0.4, -0.2) is 18.0 Å². The zero-order chi connectivity index (χ0) is 12.8. The Labute approximate surface area is 106 Å². The van der Waals surface area contributed by atoms with Gasteiger partial charge in [-0.3, -0.25) is 4.79 Å². The Morgan fingerprint density at radius 1 is 1.18 bits per heavy atom. The number of carbonyl (C=O) groups excluding carboxylic acids is 1. The Morgan fingerprint density at radius 2 is 1.76 bits per heavy atom. The van der Waals surface area contributed by atoms with Gasteiger partial charge in [-0.25, -0.2) is 0 Å². The normalized spacial score (nSPS) is 26.9. The first-order chi connectivity index (χ1) is 7.99. The van der Waals surface area contributed by atoms with E-state index in [1.807, 2.05) is 0 Å². The van der Waals surface area contributed by atoms with E-state index in [1.54, 1.807) is 0 Å². The predicted octanol–water partition coefficient (Wildman–Crippen LogP) is 2.44. The van der Waals surface area contributed by atoms with Crippen molar-refractivity contribution in [1.29, 1.82) is 0 Å². The van der Waals surface area contributed by atoms with Crippen molar-refractivity contribution in [3.05, 3.63) is 0 Å². The van der Waals surface area contributed by atoms with Crippen molar-refractivity contribution >= 4 is 5.91 Å². The van der Waals surface area contributed by atoms with Crippen LogP contribution in [0.4, 0.5) is 0 Å². The monoisotopic (exact) mass is 240 g/mol. The number of nitrogens with two attached hydrogens (primary N) is 1. The highest BCUT2D eigenvalue weighted by Gasteiger charge is 2.25. The molecule has 0 bridgehead atoms. The molecule has 1 saturated carbocycles. The highest BCUT2D eigenvalue weighted by molar-refractivity contribution is 5.78. The molecule has 0 aromatic rings. The van der Waals surface area contributed by atoms with Gasteiger partial charge in [0.25, 0.3) is 0 Å². The Hall–Kier alpha value is -0.570. The van der Waals surface area contributed by atoms with Gasteiger partial charge in [0.1, 0.15) is 0 Å². The molecule has 0 heterocycles. The van der Waals surface area contributed by atoms with Crippen LogP contribution in [0.15, 0.2) is 0 Å². The van der Waals surface area contributed by atoms with Crippen LogP contribution in [0.2, 0.25) is 0 Å². The molecule has 0 spiro atoms. The van der Waals surface area contributed by atoms with E-state index in [0.717, 1.165) is 32.1 Å². The Kier molecular flexibility index (Phi) is 5.96. The molecule has 0 aromatic heterocycles. The maximum absolute atomic E-state index is 12.0. The zero-order valence-corrected chi connectivity index (χ0v) is 11.5. The fourth-order valence-corrected chi connectivity index (χ4v) is 2.40. The van der Waals surface area contributed by atoms with E-state index in [4.69, 9.17) is 5.73 Å². The first-order valence-corrected chi connectivity index (χ1v) is 7.05. The minimum Gasteiger partial charge on any atom is -0.353 e. The van der Waals surface area contributed by atoms with Crippen LogP contribution in [0.5, 0.6) is 0 Å². The Bertz CT molecular complexity index is 232. The van der Waals surface area contributed by atoms with Crippen molar-refractivity contribution < 1.29 is 4.79 Å². The summed E-state index contributed by atoms with van der Waals surface area (Å²) in [5.74, 6) is 1.16. The smallest absolute Gasteiger partial charge is 0.223 e. The summed E-state index contributed by atoms with van der Waals surface area (Å²) in [6.45, 7) is 6.54. The third-order valence-corrected chi connectivity index (χ3v) is 3.71. The molecule has 1 aliphatic carbocycles. The van der Waals surface area contributed by atoms with E-state index >= 15 is 0 Å². The molecular formula is C14H28N2O. The standard InChI is InChI=1S/C14H28N2O/c1-10(2)4-5-11(3)16-14(17)12-6-8-13(15)9-7-12/h10-13H,4-9,15H2,1-3H3,(H,16,17). The number of amides is 1. The van der Waals surface area contributed by atoms with Crippen LogP contribution in [0.3, 0.4) is 0 Å². The van der Waals surface area contributed by atoms with Gasteiger partial charge in [0.05, 0.1) is 0 Å². The van der Waals surface area contributed by atoms with E-state index in [9.17, 15) is 4.79 Å². The molecule has 1 aliphatic rings. The van der Waals surface area contributed by atoms with Crippen molar-refractivity contribution in [2.75, 3.05) is 0 Å². The van der Waals surface area contributed by atoms with E-state index in [0.29, 0.717) is 18.0 Å². The molecule has 1 fully saturated rings. The topological polar surface area (TPSA) is 55.1 Å². The van der Waals surface area contributed by atoms with Crippen LogP contribution < -0.4 is 11.1 Å². The van der Waals surface area contributed by atoms with Crippen molar-refractivity contribution in [1.82, 2.24) is 5.32 Å². The number of rotatable bonds is 5. The molecule has 3 N–H and O–H groups in total. The third-order valence-electron chi connectivity index (χ3n) is 3.71. The van der Waals surface area contributed by atoms with Crippen LogP contribution in [0.25, 0.3) is 0 Å². The summed E-state index contributed by atoms with van der Waals surface area (Å²) in [4.78, 5) is 12.0. The van der Waals surface area contributed by atoms with Gasteiger partial charge in [0, 0.05) is 18.0 Å². The number of hydrogen-bond donors (Lipinski definition) is 2. The average molecular weight is 240 g/mol. The van der Waals surface area contributed by atoms with Crippen molar-refractivity contribution in [3.63, 3.8) is 0 Å². The quantitative estimate of drug-likeness (QED) is 0.775. The summed E-state index contributed by atoms with van der Waals surface area (Å²) in [6, 6.07) is 0.623. The minimum atomic E-state index is 0.205. The molecule has 0 aromatic carbocycles. The summed E-state index contributed by atoms with van der Waals surface area (Å²) in [7, 11) is 0. The van der Waals surface area contributed by atoms with Gasteiger partial charge in [-0.1, -0.05) is 13.8 Å². The lowest BCUT2D eigenvalue weighted by Crippen LogP contribution is -2.40. The molecule has 1 rings (SSSR count). The summed E-state index contributed by atoms with van der Waals surface area (Å²) < 4.78 is 0. The summed E-state index contributed by atoms with van der Waals surface area (Å²) in [5, 5.41) is 3.14. The molecule has 0 saturated heterocycles. The highest BCUT2D eigenvalue weighted by Crippen LogP contribution is 2.23. The fraction of sp³-hybridized carbons (Fsp3) is 0.929. The van der Waals surface area contributed by atoms with E-state index in [2.05, 4.69) is 26.1 Å². The lowest BCUT2D eigenvalue weighted by Gasteiger charge is -2.26. The van der Waals surface area contributed by atoms with Gasteiger partial charge in [0.2, 0.25) is 5.91 Å². The maximum atomic E-state index is 12.0. The molecule has 1 amide bonds. The molecule has 3 heteroatoms. The van der Waals surface area contributed by atoms with Gasteiger partial charge in [-0.15, -0.1) is 0 Å². The van der Waals surface area contributed by atoms with E-state index in [-0.39, 0.29) is 11.8 Å². The number of nitrogens with one attached hydrogen (secondary N) is 1. The summed E-state index contributed by atoms with van der Waals surface area (Å²) >= 11 is 0. The van der Waals surface area contributed by atoms with Crippen LogP contribution in [0, 0.1) is 11.8 Å². The lowest BCUT2D eigenvalue weighted by atomic mass is 9.85. The predicted molar refractivity (Wildman–Crippen MR) is 71.6 cm³/mol. The molecule has 3 nitrogen and oxygen atoms in total. The molecule has 17 heavy (non-hydrogen) atoms. The number of hydrogen-bond acceptors (Lipinski definition) is 2. The van der Waals surface area contributed by atoms with E-state index in [1.165, 1.54) is 6.42 Å². The van der Waals surface area contributed by atoms with E-state index < -0.39 is 0 Å². The first-order valence-electron chi connectivity index (χ1n) is 7.05. The first kappa shape index (κ1) is 14.5. The zero-order valence-electron chi connectivity index (χ0n) is 11.5. The maximum Gasteiger partial charge on any atom is 0.223 e. The molecule has 0 radical (unpaired) electrons. The second-order valence-corrected chi connectivity index (χ2v) is 5.99. The minimum absolute atomic E-state index is 0.205. The van der Waals surface area contributed by atoms with Crippen LogP contribution >= 0.6 is 0 Å². The third kappa shape index (κ3) is 5.53. The Morgan fingerprint density at radius 3 is 2.29 bits per heavy atom. The van der Waals surface area contributed by atoms with Gasteiger partial charge in [-0.05, 0) is 51.4 Å². The molecule has 1 atom stereocenters. The molecule has 0 aliphatic heterocycles.